The highest BCUT2D eigenvalue weighted by Crippen LogP contribution is 2.41. The number of halogens is 1. The van der Waals surface area contributed by atoms with Crippen LogP contribution in [-0.2, 0) is 0 Å². The summed E-state index contributed by atoms with van der Waals surface area (Å²) in [7, 11) is 0. The fraction of sp³-hybridized carbons (Fsp3) is 0.250. The van der Waals surface area contributed by atoms with Crippen molar-refractivity contribution in [3.63, 3.8) is 0 Å². The van der Waals surface area contributed by atoms with Gasteiger partial charge < -0.3 is 5.11 Å². The fourth-order valence-corrected chi connectivity index (χ4v) is 1.80. The summed E-state index contributed by atoms with van der Waals surface area (Å²) in [5.74, 6) is -0.438. The lowest BCUT2D eigenvalue weighted by Crippen LogP contribution is -1.97. The number of rotatable bonds is 3. The average Bonchev–Trinajstić information content (AvgIpc) is 2.98. The lowest BCUT2D eigenvalue weighted by molar-refractivity contribution is 0.0697. The Labute approximate surface area is 93.2 Å². The van der Waals surface area contributed by atoms with Crippen molar-refractivity contribution in [3.8, 4) is 0 Å². The van der Waals surface area contributed by atoms with E-state index in [1.54, 1.807) is 12.1 Å². The van der Waals surface area contributed by atoms with E-state index in [0.29, 0.717) is 10.9 Å². The molecule has 1 saturated carbocycles. The van der Waals surface area contributed by atoms with Gasteiger partial charge in [0.1, 0.15) is 0 Å². The molecule has 0 amide bonds. The highest BCUT2D eigenvalue weighted by atomic mass is 35.5. The molecule has 1 aromatic carbocycles. The molecule has 0 unspecified atom stereocenters. The van der Waals surface area contributed by atoms with Gasteiger partial charge in [-0.05, 0) is 48.1 Å². The number of carboxylic acid groups (broad SMARTS) is 1. The van der Waals surface area contributed by atoms with Gasteiger partial charge >= 0.3 is 5.97 Å². The lowest BCUT2D eigenvalue weighted by Gasteiger charge is -2.06. The molecule has 1 aliphatic carbocycles. The molecule has 0 aromatic heterocycles. The van der Waals surface area contributed by atoms with Gasteiger partial charge in [0.15, 0.2) is 0 Å². The van der Waals surface area contributed by atoms with Gasteiger partial charge in [-0.3, -0.25) is 0 Å². The van der Waals surface area contributed by atoms with Crippen LogP contribution in [0.2, 0.25) is 5.02 Å². The first-order valence-corrected chi connectivity index (χ1v) is 5.19. The summed E-state index contributed by atoms with van der Waals surface area (Å²) in [6, 6.07) is 4.86. The second-order valence-corrected chi connectivity index (χ2v) is 4.27. The second-order valence-electron chi connectivity index (χ2n) is 3.83. The number of benzene rings is 1. The molecule has 0 spiro atoms. The van der Waals surface area contributed by atoms with Crippen LogP contribution in [0.4, 0.5) is 0 Å². The third-order valence-corrected chi connectivity index (χ3v) is 2.80. The molecular weight excluding hydrogens is 212 g/mol. The molecule has 3 heteroatoms. The van der Waals surface area contributed by atoms with Crippen LogP contribution in [0.3, 0.4) is 0 Å². The molecule has 0 aliphatic heterocycles. The molecule has 78 valence electrons. The quantitative estimate of drug-likeness (QED) is 0.851. The summed E-state index contributed by atoms with van der Waals surface area (Å²) in [5, 5.41) is 9.33. The minimum Gasteiger partial charge on any atom is -0.478 e. The third kappa shape index (κ3) is 2.21. The molecule has 0 bridgehead atoms. The van der Waals surface area contributed by atoms with Gasteiger partial charge in [-0.2, -0.15) is 0 Å². The van der Waals surface area contributed by atoms with Crippen LogP contribution in [0.25, 0.3) is 5.57 Å². The molecule has 0 atom stereocenters. The average molecular weight is 223 g/mol. The first-order valence-electron chi connectivity index (χ1n) is 4.81. The summed E-state index contributed by atoms with van der Waals surface area (Å²) >= 11 is 5.86. The number of allylic oxidation sites excluding steroid dienone is 1. The maximum atomic E-state index is 10.8. The van der Waals surface area contributed by atoms with Crippen LogP contribution in [0.1, 0.15) is 28.8 Å². The zero-order chi connectivity index (χ0) is 11.0. The van der Waals surface area contributed by atoms with E-state index in [-0.39, 0.29) is 5.56 Å². The molecular formula is C12H11ClO2. The number of carbonyl (C=O) groups is 1. The topological polar surface area (TPSA) is 37.3 Å². The van der Waals surface area contributed by atoms with Crippen molar-refractivity contribution in [2.75, 3.05) is 0 Å². The van der Waals surface area contributed by atoms with Gasteiger partial charge in [-0.25, -0.2) is 4.79 Å². The minimum atomic E-state index is -0.956. The predicted molar refractivity (Wildman–Crippen MR) is 60.2 cm³/mol. The van der Waals surface area contributed by atoms with Crippen LogP contribution in [0.5, 0.6) is 0 Å². The summed E-state index contributed by atoms with van der Waals surface area (Å²) in [6.45, 7) is 3.98. The maximum absolute atomic E-state index is 10.8. The van der Waals surface area contributed by atoms with Crippen LogP contribution < -0.4 is 0 Å². The second kappa shape index (κ2) is 3.70. The van der Waals surface area contributed by atoms with Crippen molar-refractivity contribution in [1.29, 1.82) is 0 Å². The molecule has 0 heterocycles. The molecule has 1 fully saturated rings. The lowest BCUT2D eigenvalue weighted by atomic mass is 10.0. The van der Waals surface area contributed by atoms with E-state index < -0.39 is 5.97 Å². The molecule has 0 saturated heterocycles. The SMILES string of the molecule is C=C(c1cc(Cl)cc(C(=O)O)c1)C1CC1. The van der Waals surface area contributed by atoms with Crippen molar-refractivity contribution in [2.45, 2.75) is 12.8 Å². The van der Waals surface area contributed by atoms with E-state index in [1.807, 2.05) is 0 Å². The van der Waals surface area contributed by atoms with Crippen LogP contribution in [0.15, 0.2) is 24.8 Å². The molecule has 1 aromatic rings. The Morgan fingerprint density at radius 2 is 1.93 bits per heavy atom. The minimum absolute atomic E-state index is 0.222. The zero-order valence-electron chi connectivity index (χ0n) is 8.16. The van der Waals surface area contributed by atoms with E-state index in [1.165, 1.54) is 6.07 Å². The van der Waals surface area contributed by atoms with E-state index in [4.69, 9.17) is 16.7 Å². The fourth-order valence-electron chi connectivity index (χ4n) is 1.57. The van der Waals surface area contributed by atoms with Crippen molar-refractivity contribution in [1.82, 2.24) is 0 Å². The number of hydrogen-bond donors (Lipinski definition) is 1. The van der Waals surface area contributed by atoms with Gasteiger partial charge in [-0.15, -0.1) is 0 Å². The Bertz CT molecular complexity index is 433. The molecule has 15 heavy (non-hydrogen) atoms. The van der Waals surface area contributed by atoms with E-state index >= 15 is 0 Å². The van der Waals surface area contributed by atoms with Crippen molar-refractivity contribution in [3.05, 3.63) is 40.9 Å². The highest BCUT2D eigenvalue weighted by Gasteiger charge is 2.25. The first kappa shape index (κ1) is 10.2. The maximum Gasteiger partial charge on any atom is 0.335 e. The first-order chi connectivity index (χ1) is 7.08. The van der Waals surface area contributed by atoms with Crippen molar-refractivity contribution < 1.29 is 9.90 Å². The summed E-state index contributed by atoms with van der Waals surface area (Å²) in [5.41, 5.74) is 2.07. The zero-order valence-corrected chi connectivity index (χ0v) is 8.92. The number of aromatic carboxylic acids is 1. The Morgan fingerprint density at radius 1 is 1.33 bits per heavy atom. The monoisotopic (exact) mass is 222 g/mol. The van der Waals surface area contributed by atoms with E-state index in [2.05, 4.69) is 6.58 Å². The molecule has 1 aliphatic rings. The van der Waals surface area contributed by atoms with Gasteiger partial charge in [0.05, 0.1) is 5.56 Å². The third-order valence-electron chi connectivity index (χ3n) is 2.59. The van der Waals surface area contributed by atoms with Gasteiger partial charge in [0.25, 0.3) is 0 Å². The summed E-state index contributed by atoms with van der Waals surface area (Å²) < 4.78 is 0. The molecule has 0 radical (unpaired) electrons. The van der Waals surface area contributed by atoms with Crippen LogP contribution in [-0.4, -0.2) is 11.1 Å². The number of carboxylic acids is 1. The molecule has 2 nitrogen and oxygen atoms in total. The van der Waals surface area contributed by atoms with Gasteiger partial charge in [0.2, 0.25) is 0 Å². The smallest absolute Gasteiger partial charge is 0.335 e. The Hall–Kier alpha value is -1.28. The number of hydrogen-bond acceptors (Lipinski definition) is 1. The van der Waals surface area contributed by atoms with Gasteiger partial charge in [0, 0.05) is 5.02 Å². The Morgan fingerprint density at radius 3 is 2.47 bits per heavy atom. The standard InChI is InChI=1S/C12H11ClO2/c1-7(8-2-3-8)9-4-10(12(14)15)6-11(13)5-9/h4-6,8H,1-3H2,(H,14,15). The van der Waals surface area contributed by atoms with Crippen LogP contribution in [0, 0.1) is 5.92 Å². The Kier molecular flexibility index (Phi) is 2.53. The largest absolute Gasteiger partial charge is 0.478 e. The Balaban J connectivity index is 2.38. The normalized spacial score (nSPS) is 15.0. The molecule has 1 N–H and O–H groups in total. The van der Waals surface area contributed by atoms with Crippen LogP contribution >= 0.6 is 11.6 Å². The summed E-state index contributed by atoms with van der Waals surface area (Å²) in [6.07, 6.45) is 2.29. The van der Waals surface area contributed by atoms with E-state index in [0.717, 1.165) is 24.0 Å². The van der Waals surface area contributed by atoms with Crippen molar-refractivity contribution in [2.24, 2.45) is 5.92 Å². The van der Waals surface area contributed by atoms with Crippen molar-refractivity contribution >= 4 is 23.1 Å². The highest BCUT2D eigenvalue weighted by molar-refractivity contribution is 6.31. The summed E-state index contributed by atoms with van der Waals surface area (Å²) in [4.78, 5) is 10.8. The van der Waals surface area contributed by atoms with Gasteiger partial charge in [-0.1, -0.05) is 18.2 Å². The molecule has 2 rings (SSSR count). The van der Waals surface area contributed by atoms with E-state index in [9.17, 15) is 4.79 Å². The predicted octanol–water partition coefficient (Wildman–Crippen LogP) is 3.46.